The van der Waals surface area contributed by atoms with E-state index < -0.39 is 0 Å². The lowest BCUT2D eigenvalue weighted by atomic mass is 9.97. The van der Waals surface area contributed by atoms with Crippen LogP contribution in [0.1, 0.15) is 14.5 Å². The third-order valence-electron chi connectivity index (χ3n) is 2.14. The summed E-state index contributed by atoms with van der Waals surface area (Å²) in [6.07, 6.45) is 0. The number of aryl methyl sites for hydroxylation is 1. The number of carbonyl (C=O) groups excluding carboxylic acids is 1. The van der Waals surface area contributed by atoms with Crippen molar-refractivity contribution < 1.29 is 4.79 Å². The first-order chi connectivity index (χ1) is 5.77. The minimum Gasteiger partial charge on any atom is -0.315 e. The van der Waals surface area contributed by atoms with E-state index >= 15 is 0 Å². The highest BCUT2D eigenvalue weighted by Crippen LogP contribution is 2.20. The Labute approximate surface area is 75.6 Å². The maximum Gasteiger partial charge on any atom is 0.178 e. The molecule has 1 saturated heterocycles. The van der Waals surface area contributed by atoms with E-state index in [1.807, 2.05) is 19.1 Å². The van der Waals surface area contributed by atoms with E-state index in [-0.39, 0.29) is 5.92 Å². The second-order valence-electron chi connectivity index (χ2n) is 3.13. The van der Waals surface area contributed by atoms with Gasteiger partial charge in [0.1, 0.15) is 0 Å². The summed E-state index contributed by atoms with van der Waals surface area (Å²) in [6, 6.07) is 3.94. The molecule has 12 heavy (non-hydrogen) atoms. The number of Topliss-reactive ketones (excluding diaryl/α,β-unsaturated/α-hetero) is 1. The topological polar surface area (TPSA) is 29.1 Å². The third kappa shape index (κ3) is 1.30. The molecule has 3 heteroatoms. The lowest BCUT2D eigenvalue weighted by Crippen LogP contribution is -2.46. The van der Waals surface area contributed by atoms with E-state index in [4.69, 9.17) is 0 Å². The van der Waals surface area contributed by atoms with Crippen LogP contribution in [-0.4, -0.2) is 18.9 Å². The Bertz CT molecular complexity index is 301. The van der Waals surface area contributed by atoms with Crippen LogP contribution in [0.4, 0.5) is 0 Å². The molecule has 0 aromatic carbocycles. The van der Waals surface area contributed by atoms with Gasteiger partial charge in [0, 0.05) is 23.9 Å². The van der Waals surface area contributed by atoms with Crippen LogP contribution in [0.15, 0.2) is 12.1 Å². The lowest BCUT2D eigenvalue weighted by Gasteiger charge is -2.24. The number of nitrogens with one attached hydrogen (secondary N) is 1. The predicted molar refractivity (Wildman–Crippen MR) is 49.7 cm³/mol. The van der Waals surface area contributed by atoms with Crippen molar-refractivity contribution in [3.8, 4) is 0 Å². The van der Waals surface area contributed by atoms with Crippen molar-refractivity contribution in [1.29, 1.82) is 0 Å². The second kappa shape index (κ2) is 2.99. The minimum atomic E-state index is 0.239. The summed E-state index contributed by atoms with van der Waals surface area (Å²) in [4.78, 5) is 13.7. The van der Waals surface area contributed by atoms with E-state index in [9.17, 15) is 4.79 Å². The number of carbonyl (C=O) groups is 1. The summed E-state index contributed by atoms with van der Waals surface area (Å²) in [6.45, 7) is 3.74. The molecule has 2 rings (SSSR count). The predicted octanol–water partition coefficient (Wildman–Crippen LogP) is 1.46. The largest absolute Gasteiger partial charge is 0.315 e. The van der Waals surface area contributed by atoms with Gasteiger partial charge in [0.15, 0.2) is 5.78 Å². The van der Waals surface area contributed by atoms with Crippen molar-refractivity contribution in [3.05, 3.63) is 21.9 Å². The molecule has 1 aliphatic rings. The maximum absolute atomic E-state index is 11.6. The smallest absolute Gasteiger partial charge is 0.178 e. The summed E-state index contributed by atoms with van der Waals surface area (Å²) in [5, 5.41) is 3.10. The third-order valence-corrected chi connectivity index (χ3v) is 3.15. The fourth-order valence-electron chi connectivity index (χ4n) is 1.24. The first-order valence-electron chi connectivity index (χ1n) is 4.09. The van der Waals surface area contributed by atoms with Crippen LogP contribution in [-0.2, 0) is 0 Å². The molecule has 0 aliphatic carbocycles. The van der Waals surface area contributed by atoms with Crippen LogP contribution in [0.25, 0.3) is 0 Å². The Morgan fingerprint density at radius 2 is 2.33 bits per heavy atom. The Morgan fingerprint density at radius 3 is 2.75 bits per heavy atom. The number of hydrogen-bond donors (Lipinski definition) is 1. The average molecular weight is 181 g/mol. The highest BCUT2D eigenvalue weighted by atomic mass is 32.1. The van der Waals surface area contributed by atoms with Gasteiger partial charge in [-0.1, -0.05) is 0 Å². The number of ketones is 1. The standard InChI is InChI=1S/C9H11NOS/c1-6-2-3-8(12-6)9(11)7-4-10-5-7/h2-3,7,10H,4-5H2,1H3. The Kier molecular flexibility index (Phi) is 1.98. The zero-order valence-electron chi connectivity index (χ0n) is 6.96. The molecule has 1 aliphatic heterocycles. The van der Waals surface area contributed by atoms with Crippen LogP contribution in [0.5, 0.6) is 0 Å². The highest BCUT2D eigenvalue weighted by Gasteiger charge is 2.26. The van der Waals surface area contributed by atoms with Crippen LogP contribution >= 0.6 is 11.3 Å². The molecule has 0 saturated carbocycles. The summed E-state index contributed by atoms with van der Waals surface area (Å²) in [5.74, 6) is 0.551. The van der Waals surface area contributed by atoms with Gasteiger partial charge in [0.2, 0.25) is 0 Å². The fourth-order valence-corrected chi connectivity index (χ4v) is 2.13. The lowest BCUT2D eigenvalue weighted by molar-refractivity contribution is 0.0882. The van der Waals surface area contributed by atoms with Gasteiger partial charge in [-0.15, -0.1) is 11.3 Å². The van der Waals surface area contributed by atoms with Crippen LogP contribution in [0, 0.1) is 12.8 Å². The molecule has 2 heterocycles. The van der Waals surface area contributed by atoms with E-state index in [0.29, 0.717) is 5.78 Å². The monoisotopic (exact) mass is 181 g/mol. The van der Waals surface area contributed by atoms with Crippen LogP contribution in [0.2, 0.25) is 0 Å². The van der Waals surface area contributed by atoms with Gasteiger partial charge in [-0.05, 0) is 19.1 Å². The minimum absolute atomic E-state index is 0.239. The van der Waals surface area contributed by atoms with E-state index in [1.54, 1.807) is 11.3 Å². The van der Waals surface area contributed by atoms with Crippen molar-refractivity contribution >= 4 is 17.1 Å². The fraction of sp³-hybridized carbons (Fsp3) is 0.444. The number of thiophene rings is 1. The molecule has 1 aromatic rings. The van der Waals surface area contributed by atoms with Gasteiger partial charge >= 0.3 is 0 Å². The Hall–Kier alpha value is -0.670. The SMILES string of the molecule is Cc1ccc(C(=O)C2CNC2)s1. The van der Waals surface area contributed by atoms with Crippen molar-refractivity contribution in [1.82, 2.24) is 5.32 Å². The van der Waals surface area contributed by atoms with Crippen molar-refractivity contribution in [2.24, 2.45) is 5.92 Å². The summed E-state index contributed by atoms with van der Waals surface area (Å²) < 4.78 is 0. The molecule has 1 N–H and O–H groups in total. The normalized spacial score (nSPS) is 17.4. The second-order valence-corrected chi connectivity index (χ2v) is 4.42. The molecular formula is C9H11NOS. The van der Waals surface area contributed by atoms with Gasteiger partial charge in [-0.2, -0.15) is 0 Å². The quantitative estimate of drug-likeness (QED) is 0.700. The van der Waals surface area contributed by atoms with Crippen LogP contribution in [0.3, 0.4) is 0 Å². The Balaban J connectivity index is 2.13. The molecule has 0 radical (unpaired) electrons. The van der Waals surface area contributed by atoms with E-state index in [1.165, 1.54) is 4.88 Å². The summed E-state index contributed by atoms with van der Waals surface area (Å²) in [7, 11) is 0. The average Bonchev–Trinajstić information content (AvgIpc) is 2.31. The molecule has 2 nitrogen and oxygen atoms in total. The maximum atomic E-state index is 11.6. The van der Waals surface area contributed by atoms with Gasteiger partial charge < -0.3 is 5.32 Å². The van der Waals surface area contributed by atoms with Crippen molar-refractivity contribution in [2.45, 2.75) is 6.92 Å². The summed E-state index contributed by atoms with van der Waals surface area (Å²) in [5.41, 5.74) is 0. The number of rotatable bonds is 2. The van der Waals surface area contributed by atoms with Gasteiger partial charge in [0.25, 0.3) is 0 Å². The molecule has 0 unspecified atom stereocenters. The first-order valence-corrected chi connectivity index (χ1v) is 4.90. The molecule has 64 valence electrons. The molecule has 0 bridgehead atoms. The van der Waals surface area contributed by atoms with E-state index in [0.717, 1.165) is 18.0 Å². The molecular weight excluding hydrogens is 170 g/mol. The van der Waals surface area contributed by atoms with Gasteiger partial charge in [-0.25, -0.2) is 0 Å². The molecule has 1 fully saturated rings. The molecule has 0 spiro atoms. The van der Waals surface area contributed by atoms with Crippen molar-refractivity contribution in [3.63, 3.8) is 0 Å². The van der Waals surface area contributed by atoms with Gasteiger partial charge in [0.05, 0.1) is 4.88 Å². The van der Waals surface area contributed by atoms with E-state index in [2.05, 4.69) is 5.32 Å². The van der Waals surface area contributed by atoms with Crippen LogP contribution < -0.4 is 5.32 Å². The number of hydrogen-bond acceptors (Lipinski definition) is 3. The summed E-state index contributed by atoms with van der Waals surface area (Å²) >= 11 is 1.60. The molecule has 0 atom stereocenters. The zero-order valence-corrected chi connectivity index (χ0v) is 7.78. The zero-order chi connectivity index (χ0) is 8.55. The van der Waals surface area contributed by atoms with Crippen molar-refractivity contribution in [2.75, 3.05) is 13.1 Å². The van der Waals surface area contributed by atoms with Gasteiger partial charge in [-0.3, -0.25) is 4.79 Å². The molecule has 1 aromatic heterocycles. The Morgan fingerprint density at radius 1 is 1.58 bits per heavy atom. The molecule has 0 amide bonds. The first kappa shape index (κ1) is 7.95. The highest BCUT2D eigenvalue weighted by molar-refractivity contribution is 7.14.